The lowest BCUT2D eigenvalue weighted by atomic mass is 10.0. The summed E-state index contributed by atoms with van der Waals surface area (Å²) < 4.78 is 7.52. The minimum Gasteiger partial charge on any atom is -0.489 e. The highest BCUT2D eigenvalue weighted by molar-refractivity contribution is 6.32. The number of aromatic nitrogens is 2. The fourth-order valence-electron chi connectivity index (χ4n) is 3.94. The van der Waals surface area contributed by atoms with E-state index in [1.54, 1.807) is 18.2 Å². The number of aliphatic hydroxyl groups excluding tert-OH is 1. The van der Waals surface area contributed by atoms with Crippen LogP contribution in [0.4, 0.5) is 0 Å². The summed E-state index contributed by atoms with van der Waals surface area (Å²) in [4.78, 5) is 28.3. The highest BCUT2D eigenvalue weighted by Crippen LogP contribution is 2.27. The molecule has 0 aliphatic rings. The third-order valence-electron chi connectivity index (χ3n) is 5.72. The van der Waals surface area contributed by atoms with Gasteiger partial charge in [0.25, 0.3) is 5.91 Å². The van der Waals surface area contributed by atoms with Gasteiger partial charge in [-0.3, -0.25) is 9.59 Å². The van der Waals surface area contributed by atoms with Crippen molar-refractivity contribution in [2.75, 3.05) is 6.61 Å². The molecule has 36 heavy (non-hydrogen) atoms. The average Bonchev–Trinajstić information content (AvgIpc) is 3.22. The van der Waals surface area contributed by atoms with E-state index in [0.29, 0.717) is 35.6 Å². The normalized spacial score (nSPS) is 12.8. The van der Waals surface area contributed by atoms with Gasteiger partial charge in [0.2, 0.25) is 6.41 Å². The smallest absolute Gasteiger partial charge is 0.251 e. The topological polar surface area (TPSA) is 105 Å². The Morgan fingerprint density at radius 3 is 2.53 bits per heavy atom. The minimum absolute atomic E-state index is 0.0229. The molecule has 0 radical (unpaired) electrons. The molecule has 2 aromatic carbocycles. The molecule has 8 nitrogen and oxygen atoms in total. The van der Waals surface area contributed by atoms with Gasteiger partial charge in [-0.05, 0) is 57.4 Å². The molecule has 3 N–H and O–H groups in total. The van der Waals surface area contributed by atoms with Crippen molar-refractivity contribution in [1.82, 2.24) is 20.2 Å². The molecule has 0 saturated carbocycles. The molecule has 0 bridgehead atoms. The van der Waals surface area contributed by atoms with E-state index in [2.05, 4.69) is 15.6 Å². The summed E-state index contributed by atoms with van der Waals surface area (Å²) in [5, 5.41) is 15.6. The number of hydrogen-bond acceptors (Lipinski definition) is 5. The molecular weight excluding hydrogens is 480 g/mol. The van der Waals surface area contributed by atoms with E-state index in [-0.39, 0.29) is 30.7 Å². The number of nitrogens with one attached hydrogen (secondary N) is 2. The fraction of sp³-hybridized carbons (Fsp3) is 0.370. The van der Waals surface area contributed by atoms with Crippen molar-refractivity contribution < 1.29 is 19.4 Å². The van der Waals surface area contributed by atoms with Gasteiger partial charge in [-0.15, -0.1) is 0 Å². The third kappa shape index (κ3) is 7.08. The molecule has 2 atom stereocenters. The first-order chi connectivity index (χ1) is 17.2. The van der Waals surface area contributed by atoms with E-state index in [4.69, 9.17) is 16.3 Å². The molecule has 2 amide bonds. The lowest BCUT2D eigenvalue weighted by Crippen LogP contribution is -2.37. The van der Waals surface area contributed by atoms with Crippen molar-refractivity contribution in [3.8, 4) is 17.0 Å². The first-order valence-electron chi connectivity index (χ1n) is 11.9. The maximum Gasteiger partial charge on any atom is 0.251 e. The maximum atomic E-state index is 12.9. The molecule has 192 valence electrons. The van der Waals surface area contributed by atoms with Crippen LogP contribution in [0.3, 0.4) is 0 Å². The number of carbonyl (C=O) groups excluding carboxylic acids is 2. The van der Waals surface area contributed by atoms with Gasteiger partial charge in [0, 0.05) is 37.0 Å². The molecule has 0 aliphatic carbocycles. The number of imidazole rings is 1. The number of benzene rings is 2. The molecule has 3 rings (SSSR count). The lowest BCUT2D eigenvalue weighted by Gasteiger charge is -2.19. The summed E-state index contributed by atoms with van der Waals surface area (Å²) in [6.45, 7) is 5.64. The zero-order valence-electron chi connectivity index (χ0n) is 21.0. The molecular formula is C27H33ClN4O4. The summed E-state index contributed by atoms with van der Waals surface area (Å²) >= 11 is 6.28. The molecule has 2 unspecified atom stereocenters. The van der Waals surface area contributed by atoms with Crippen molar-refractivity contribution in [2.45, 2.75) is 51.8 Å². The number of rotatable bonds is 12. The zero-order valence-corrected chi connectivity index (χ0v) is 21.7. The Balaban J connectivity index is 1.68. The maximum absolute atomic E-state index is 12.9. The number of nitrogens with zero attached hydrogens (tertiary/aromatic N) is 2. The van der Waals surface area contributed by atoms with E-state index in [1.807, 2.05) is 62.8 Å². The number of halogens is 1. The summed E-state index contributed by atoms with van der Waals surface area (Å²) in [7, 11) is 1.89. The van der Waals surface area contributed by atoms with E-state index >= 15 is 0 Å². The van der Waals surface area contributed by atoms with Gasteiger partial charge in [0.1, 0.15) is 11.6 Å². The molecule has 1 heterocycles. The first kappa shape index (κ1) is 27.2. The van der Waals surface area contributed by atoms with Gasteiger partial charge in [0.15, 0.2) is 0 Å². The number of amides is 2. The van der Waals surface area contributed by atoms with Crippen LogP contribution in [0, 0.1) is 0 Å². The van der Waals surface area contributed by atoms with Crippen molar-refractivity contribution >= 4 is 23.9 Å². The standard InChI is InChI=1S/C27H33ClN4O4/c1-17(2)36-25-10-9-21(14-23(25)28)27(35)30-22(11-12-33)13-19-5-7-20(8-6-19)24-15-32(4)26(31-24)18(3)29-16-34/h5-10,14-18,22,33H,11-13H2,1-4H3,(H,29,34)(H,30,35). The monoisotopic (exact) mass is 512 g/mol. The number of aliphatic hydroxyl groups is 1. The Labute approximate surface area is 216 Å². The van der Waals surface area contributed by atoms with Crippen LogP contribution in [0.2, 0.25) is 5.02 Å². The van der Waals surface area contributed by atoms with Gasteiger partial charge in [0.05, 0.1) is 22.9 Å². The lowest BCUT2D eigenvalue weighted by molar-refractivity contribution is -0.110. The summed E-state index contributed by atoms with van der Waals surface area (Å²) in [6, 6.07) is 12.4. The Morgan fingerprint density at radius 1 is 1.19 bits per heavy atom. The molecule has 9 heteroatoms. The number of aryl methyl sites for hydroxylation is 1. The molecule has 0 spiro atoms. The predicted molar refractivity (Wildman–Crippen MR) is 140 cm³/mol. The molecule has 0 aliphatic heterocycles. The molecule has 0 fully saturated rings. The summed E-state index contributed by atoms with van der Waals surface area (Å²) in [5.41, 5.74) is 3.20. The van der Waals surface area contributed by atoms with E-state index in [1.165, 1.54) is 0 Å². The van der Waals surface area contributed by atoms with Crippen molar-refractivity contribution in [1.29, 1.82) is 0 Å². The van der Waals surface area contributed by atoms with Crippen LogP contribution in [0.25, 0.3) is 11.3 Å². The highest BCUT2D eigenvalue weighted by atomic mass is 35.5. The first-order valence-corrected chi connectivity index (χ1v) is 12.3. The van der Waals surface area contributed by atoms with Crippen LogP contribution in [-0.4, -0.2) is 45.7 Å². The van der Waals surface area contributed by atoms with Gasteiger partial charge in [-0.2, -0.15) is 0 Å². The van der Waals surface area contributed by atoms with Gasteiger partial charge < -0.3 is 25.0 Å². The SMILES string of the molecule is CC(C)Oc1ccc(C(=O)NC(CCO)Cc2ccc(-c3cn(C)c(C(C)NC=O)n3)cc2)cc1Cl. The largest absolute Gasteiger partial charge is 0.489 e. The summed E-state index contributed by atoms with van der Waals surface area (Å²) in [6.07, 6.45) is 3.54. The number of carbonyl (C=O) groups is 2. The van der Waals surface area contributed by atoms with Crippen molar-refractivity contribution in [3.63, 3.8) is 0 Å². The third-order valence-corrected chi connectivity index (χ3v) is 6.01. The fourth-order valence-corrected chi connectivity index (χ4v) is 4.16. The van der Waals surface area contributed by atoms with Crippen LogP contribution in [0.1, 0.15) is 55.0 Å². The molecule has 3 aromatic rings. The van der Waals surface area contributed by atoms with Gasteiger partial charge in [-0.1, -0.05) is 35.9 Å². The Morgan fingerprint density at radius 2 is 1.92 bits per heavy atom. The number of ether oxygens (including phenoxy) is 1. The quantitative estimate of drug-likeness (QED) is 0.317. The molecule has 0 saturated heterocycles. The van der Waals surface area contributed by atoms with E-state index in [9.17, 15) is 14.7 Å². The second-order valence-corrected chi connectivity index (χ2v) is 9.40. The zero-order chi connectivity index (χ0) is 26.2. The van der Waals surface area contributed by atoms with Gasteiger partial charge >= 0.3 is 0 Å². The second-order valence-electron chi connectivity index (χ2n) is 9.00. The Bertz CT molecular complexity index is 1180. The van der Waals surface area contributed by atoms with E-state index in [0.717, 1.165) is 22.6 Å². The van der Waals surface area contributed by atoms with Crippen molar-refractivity contribution in [3.05, 3.63) is 70.6 Å². The van der Waals surface area contributed by atoms with Crippen LogP contribution in [-0.2, 0) is 18.3 Å². The Hall–Kier alpha value is -3.36. The van der Waals surface area contributed by atoms with Crippen LogP contribution < -0.4 is 15.4 Å². The van der Waals surface area contributed by atoms with E-state index < -0.39 is 0 Å². The average molecular weight is 513 g/mol. The predicted octanol–water partition coefficient (Wildman–Crippen LogP) is 4.06. The second kappa shape index (κ2) is 12.6. The van der Waals surface area contributed by atoms with Crippen molar-refractivity contribution in [2.24, 2.45) is 7.05 Å². The summed E-state index contributed by atoms with van der Waals surface area (Å²) in [5.74, 6) is 1.03. The highest BCUT2D eigenvalue weighted by Gasteiger charge is 2.17. The molecule has 1 aromatic heterocycles. The van der Waals surface area contributed by atoms with Crippen LogP contribution >= 0.6 is 11.6 Å². The van der Waals surface area contributed by atoms with Crippen LogP contribution in [0.15, 0.2) is 48.7 Å². The Kier molecular flexibility index (Phi) is 9.50. The van der Waals surface area contributed by atoms with Gasteiger partial charge in [-0.25, -0.2) is 4.98 Å². The van der Waals surface area contributed by atoms with Crippen LogP contribution in [0.5, 0.6) is 5.75 Å². The minimum atomic E-state index is -0.262. The number of hydrogen-bond donors (Lipinski definition) is 3.